The van der Waals surface area contributed by atoms with E-state index in [0.29, 0.717) is 6.61 Å². The van der Waals surface area contributed by atoms with Gasteiger partial charge >= 0.3 is 0 Å². The van der Waals surface area contributed by atoms with E-state index >= 15 is 0 Å². The normalized spacial score (nSPS) is 10.4. The number of hydrogen-bond donors (Lipinski definition) is 0. The Morgan fingerprint density at radius 3 is 2.67 bits per heavy atom. The maximum absolute atomic E-state index is 11.9. The molecular formula is C14H20ClNO2. The summed E-state index contributed by atoms with van der Waals surface area (Å²) in [4.78, 5) is 13.5. The van der Waals surface area contributed by atoms with Crippen molar-refractivity contribution < 1.29 is 9.53 Å². The van der Waals surface area contributed by atoms with Gasteiger partial charge in [0.25, 0.3) is 0 Å². The molecule has 3 nitrogen and oxygen atoms in total. The Labute approximate surface area is 114 Å². The summed E-state index contributed by atoms with van der Waals surface area (Å²) in [5.74, 6) is -0.173. The number of aryl methyl sites for hydroxylation is 2. The Morgan fingerprint density at radius 1 is 1.39 bits per heavy atom. The van der Waals surface area contributed by atoms with E-state index in [9.17, 15) is 4.79 Å². The number of ether oxygens (including phenoxy) is 1. The molecule has 0 bridgehead atoms. The van der Waals surface area contributed by atoms with Crippen LogP contribution in [0.4, 0.5) is 5.69 Å². The molecule has 100 valence electrons. The van der Waals surface area contributed by atoms with Crippen molar-refractivity contribution in [3.05, 3.63) is 29.3 Å². The highest BCUT2D eigenvalue weighted by Crippen LogP contribution is 2.23. The van der Waals surface area contributed by atoms with Crippen LogP contribution in [0.15, 0.2) is 18.2 Å². The fraction of sp³-hybridized carbons (Fsp3) is 0.500. The maximum Gasteiger partial charge on any atom is 0.243 e. The number of amides is 1. The van der Waals surface area contributed by atoms with Crippen LogP contribution in [0, 0.1) is 6.92 Å². The smallest absolute Gasteiger partial charge is 0.243 e. The second kappa shape index (κ2) is 7.39. The number of rotatable bonds is 6. The molecule has 0 fully saturated rings. The van der Waals surface area contributed by atoms with Crippen LogP contribution in [0.2, 0.25) is 0 Å². The van der Waals surface area contributed by atoms with Crippen molar-refractivity contribution >= 4 is 23.2 Å². The molecule has 0 saturated carbocycles. The number of carbonyl (C=O) groups is 1. The number of carbonyl (C=O) groups excluding carboxylic acids is 1. The molecule has 0 spiro atoms. The molecule has 18 heavy (non-hydrogen) atoms. The minimum absolute atomic E-state index is 0.0376. The van der Waals surface area contributed by atoms with Gasteiger partial charge in [0, 0.05) is 12.3 Å². The van der Waals surface area contributed by atoms with Gasteiger partial charge in [-0.2, -0.15) is 0 Å². The van der Waals surface area contributed by atoms with E-state index in [1.165, 1.54) is 5.56 Å². The summed E-state index contributed by atoms with van der Waals surface area (Å²) >= 11 is 5.66. The summed E-state index contributed by atoms with van der Waals surface area (Å²) in [7, 11) is 0. The van der Waals surface area contributed by atoms with Crippen molar-refractivity contribution in [3.63, 3.8) is 0 Å². The van der Waals surface area contributed by atoms with Gasteiger partial charge in [-0.1, -0.05) is 24.6 Å². The molecule has 0 aliphatic heterocycles. The number of alkyl halides is 1. The van der Waals surface area contributed by atoms with Gasteiger partial charge in [0.1, 0.15) is 12.6 Å². The Bertz CT molecular complexity index is 407. The summed E-state index contributed by atoms with van der Waals surface area (Å²) in [6.45, 7) is 6.83. The van der Waals surface area contributed by atoms with E-state index < -0.39 is 0 Å². The Hall–Kier alpha value is -1.06. The minimum atomic E-state index is -0.135. The van der Waals surface area contributed by atoms with E-state index in [1.54, 1.807) is 4.90 Å². The van der Waals surface area contributed by atoms with E-state index in [4.69, 9.17) is 16.3 Å². The van der Waals surface area contributed by atoms with Gasteiger partial charge in [-0.05, 0) is 31.9 Å². The molecule has 0 aliphatic carbocycles. The van der Waals surface area contributed by atoms with Crippen molar-refractivity contribution in [1.29, 1.82) is 0 Å². The summed E-state index contributed by atoms with van der Waals surface area (Å²) in [6.07, 6.45) is 0.870. The van der Waals surface area contributed by atoms with Gasteiger partial charge in [0.05, 0.1) is 0 Å². The second-order valence-corrected chi connectivity index (χ2v) is 4.33. The molecule has 4 heteroatoms. The molecule has 0 aromatic heterocycles. The fourth-order valence-corrected chi connectivity index (χ4v) is 1.94. The molecule has 0 heterocycles. The molecule has 0 aliphatic rings. The maximum atomic E-state index is 11.9. The quantitative estimate of drug-likeness (QED) is 0.587. The van der Waals surface area contributed by atoms with Crippen LogP contribution in [0.25, 0.3) is 0 Å². The molecular weight excluding hydrogens is 250 g/mol. The zero-order valence-corrected chi connectivity index (χ0v) is 12.0. The summed E-state index contributed by atoms with van der Waals surface area (Å²) in [5.41, 5.74) is 3.21. The van der Waals surface area contributed by atoms with Crippen LogP contribution in [0.1, 0.15) is 25.0 Å². The third-order valence-corrected chi connectivity index (χ3v) is 2.98. The van der Waals surface area contributed by atoms with Gasteiger partial charge in [0.2, 0.25) is 5.91 Å². The van der Waals surface area contributed by atoms with Crippen LogP contribution in [-0.2, 0) is 16.0 Å². The second-order valence-electron chi connectivity index (χ2n) is 4.06. The molecule has 0 N–H and O–H groups in total. The third kappa shape index (κ3) is 3.72. The van der Waals surface area contributed by atoms with Crippen molar-refractivity contribution in [2.24, 2.45) is 0 Å². The van der Waals surface area contributed by atoms with Crippen molar-refractivity contribution in [1.82, 2.24) is 0 Å². The van der Waals surface area contributed by atoms with Gasteiger partial charge < -0.3 is 4.74 Å². The average Bonchev–Trinajstić information content (AvgIpc) is 2.39. The van der Waals surface area contributed by atoms with Crippen LogP contribution < -0.4 is 4.90 Å². The van der Waals surface area contributed by atoms with E-state index in [1.807, 2.05) is 26.0 Å². The number of halogens is 1. The van der Waals surface area contributed by atoms with E-state index in [0.717, 1.165) is 17.7 Å². The lowest BCUT2D eigenvalue weighted by Crippen LogP contribution is -2.34. The van der Waals surface area contributed by atoms with Crippen LogP contribution in [-0.4, -0.2) is 25.1 Å². The van der Waals surface area contributed by atoms with Gasteiger partial charge in [0.15, 0.2) is 0 Å². The Balaban J connectivity index is 3.07. The van der Waals surface area contributed by atoms with Gasteiger partial charge in [-0.15, -0.1) is 11.6 Å². The zero-order valence-electron chi connectivity index (χ0n) is 11.2. The van der Waals surface area contributed by atoms with Crippen molar-refractivity contribution in [2.75, 3.05) is 24.1 Å². The topological polar surface area (TPSA) is 29.5 Å². The molecule has 0 radical (unpaired) electrons. The van der Waals surface area contributed by atoms with Crippen LogP contribution >= 0.6 is 11.6 Å². The van der Waals surface area contributed by atoms with Crippen molar-refractivity contribution in [3.8, 4) is 0 Å². The fourth-order valence-electron chi connectivity index (χ4n) is 1.79. The summed E-state index contributed by atoms with van der Waals surface area (Å²) < 4.78 is 5.35. The predicted octanol–water partition coefficient (Wildman–Crippen LogP) is 3.12. The number of hydrogen-bond acceptors (Lipinski definition) is 2. The van der Waals surface area contributed by atoms with Crippen LogP contribution in [0.5, 0.6) is 0 Å². The number of nitrogens with zero attached hydrogens (tertiary/aromatic N) is 1. The summed E-state index contributed by atoms with van der Waals surface area (Å²) in [5, 5.41) is 0. The van der Waals surface area contributed by atoms with E-state index in [2.05, 4.69) is 13.0 Å². The summed E-state index contributed by atoms with van der Waals surface area (Å²) in [6, 6.07) is 6.04. The first kappa shape index (κ1) is 15.0. The lowest BCUT2D eigenvalue weighted by Gasteiger charge is -2.24. The van der Waals surface area contributed by atoms with Gasteiger partial charge in [-0.25, -0.2) is 0 Å². The number of benzene rings is 1. The monoisotopic (exact) mass is 269 g/mol. The van der Waals surface area contributed by atoms with Crippen LogP contribution in [0.3, 0.4) is 0 Å². The average molecular weight is 270 g/mol. The Morgan fingerprint density at radius 2 is 2.11 bits per heavy atom. The van der Waals surface area contributed by atoms with Gasteiger partial charge in [-0.3, -0.25) is 9.69 Å². The molecule has 0 unspecified atom stereocenters. The first-order valence-corrected chi connectivity index (χ1v) is 6.71. The standard InChI is InChI=1S/C14H20ClNO2/c1-4-12-8-11(3)6-7-13(12)16(10-18-5-2)14(17)9-15/h6-8H,4-5,9-10H2,1-3H3. The SMILES string of the molecule is CCOCN(C(=O)CCl)c1ccc(C)cc1CC. The number of anilines is 1. The molecule has 0 saturated heterocycles. The first-order chi connectivity index (χ1) is 8.63. The third-order valence-electron chi connectivity index (χ3n) is 2.75. The van der Waals surface area contributed by atoms with Crippen molar-refractivity contribution in [2.45, 2.75) is 27.2 Å². The minimum Gasteiger partial charge on any atom is -0.361 e. The molecule has 0 atom stereocenters. The van der Waals surface area contributed by atoms with E-state index in [-0.39, 0.29) is 18.5 Å². The molecule has 1 aromatic carbocycles. The lowest BCUT2D eigenvalue weighted by atomic mass is 10.1. The highest BCUT2D eigenvalue weighted by molar-refractivity contribution is 6.29. The Kier molecular flexibility index (Phi) is 6.16. The highest BCUT2D eigenvalue weighted by atomic mass is 35.5. The highest BCUT2D eigenvalue weighted by Gasteiger charge is 2.17. The largest absolute Gasteiger partial charge is 0.361 e. The zero-order chi connectivity index (χ0) is 13.5. The molecule has 1 aromatic rings. The lowest BCUT2D eigenvalue weighted by molar-refractivity contribution is -0.117. The molecule has 1 rings (SSSR count). The first-order valence-electron chi connectivity index (χ1n) is 6.17. The molecule has 1 amide bonds. The predicted molar refractivity (Wildman–Crippen MR) is 75.3 cm³/mol.